The fraction of sp³-hybridized carbons (Fsp3) is 0.235. The lowest BCUT2D eigenvalue weighted by Crippen LogP contribution is -2.12. The van der Waals surface area contributed by atoms with Crippen molar-refractivity contribution < 1.29 is 9.53 Å². The lowest BCUT2D eigenvalue weighted by molar-refractivity contribution is 0.1000. The molecule has 2 aromatic rings. The Labute approximate surface area is 124 Å². The first-order valence-corrected chi connectivity index (χ1v) is 6.82. The van der Waals surface area contributed by atoms with Gasteiger partial charge in [0, 0.05) is 17.3 Å². The van der Waals surface area contributed by atoms with Crippen molar-refractivity contribution in [3.63, 3.8) is 0 Å². The number of carbonyl (C=O) groups excluding carboxylic acids is 1. The van der Waals surface area contributed by atoms with E-state index in [-0.39, 0.29) is 6.04 Å². The van der Waals surface area contributed by atoms with Gasteiger partial charge in [0.15, 0.2) is 0 Å². The molecule has 1 atom stereocenters. The van der Waals surface area contributed by atoms with E-state index in [1.54, 1.807) is 19.2 Å². The summed E-state index contributed by atoms with van der Waals surface area (Å²) in [5.41, 5.74) is 8.95. The van der Waals surface area contributed by atoms with Crippen molar-refractivity contribution in [2.24, 2.45) is 5.73 Å². The maximum absolute atomic E-state index is 11.2. The molecule has 4 nitrogen and oxygen atoms in total. The van der Waals surface area contributed by atoms with Crippen molar-refractivity contribution in [2.75, 3.05) is 12.4 Å². The number of hydrogen-bond acceptors (Lipinski definition) is 3. The maximum atomic E-state index is 11.2. The van der Waals surface area contributed by atoms with Gasteiger partial charge in [0.25, 0.3) is 0 Å². The van der Waals surface area contributed by atoms with Crippen LogP contribution in [0.25, 0.3) is 0 Å². The minimum Gasteiger partial charge on any atom is -0.497 e. The highest BCUT2D eigenvalue weighted by atomic mass is 16.5. The molecule has 0 aromatic heterocycles. The summed E-state index contributed by atoms with van der Waals surface area (Å²) in [6.45, 7) is 4.04. The lowest BCUT2D eigenvalue weighted by atomic mass is 10.1. The number of benzene rings is 2. The van der Waals surface area contributed by atoms with Gasteiger partial charge in [-0.05, 0) is 55.3 Å². The van der Waals surface area contributed by atoms with Gasteiger partial charge in [-0.3, -0.25) is 4.79 Å². The summed E-state index contributed by atoms with van der Waals surface area (Å²) >= 11 is 0. The number of ether oxygens (including phenoxy) is 1. The molecule has 0 bridgehead atoms. The van der Waals surface area contributed by atoms with Crippen LogP contribution < -0.4 is 15.8 Å². The fourth-order valence-electron chi connectivity index (χ4n) is 2.19. The summed E-state index contributed by atoms with van der Waals surface area (Å²) in [6.07, 6.45) is 0. The molecule has 3 N–H and O–H groups in total. The van der Waals surface area contributed by atoms with Gasteiger partial charge >= 0.3 is 0 Å². The molecule has 0 heterocycles. The molecule has 0 aliphatic carbocycles. The van der Waals surface area contributed by atoms with E-state index in [0.717, 1.165) is 22.6 Å². The summed E-state index contributed by atoms with van der Waals surface area (Å²) in [4.78, 5) is 11.2. The number of hydrogen-bond donors (Lipinski definition) is 2. The van der Waals surface area contributed by atoms with Gasteiger partial charge in [-0.2, -0.15) is 0 Å². The second kappa shape index (κ2) is 6.31. The first-order chi connectivity index (χ1) is 10.0. The van der Waals surface area contributed by atoms with Gasteiger partial charge < -0.3 is 15.8 Å². The molecule has 1 unspecified atom stereocenters. The largest absolute Gasteiger partial charge is 0.497 e. The standard InChI is InChI=1S/C17H20N2O2/c1-11-10-14(17(18)20)6-9-16(11)19-12(2)13-4-7-15(21-3)8-5-13/h4-10,12,19H,1-3H3,(H2,18,20). The predicted molar refractivity (Wildman–Crippen MR) is 84.7 cm³/mol. The van der Waals surface area contributed by atoms with Crippen LogP contribution in [0.1, 0.15) is 34.5 Å². The Kier molecular flexibility index (Phi) is 4.48. The van der Waals surface area contributed by atoms with E-state index in [2.05, 4.69) is 12.2 Å². The number of amides is 1. The average molecular weight is 284 g/mol. The van der Waals surface area contributed by atoms with Gasteiger partial charge in [0.2, 0.25) is 5.91 Å². The van der Waals surface area contributed by atoms with E-state index in [1.165, 1.54) is 0 Å². The van der Waals surface area contributed by atoms with Gasteiger partial charge in [0.05, 0.1) is 7.11 Å². The van der Waals surface area contributed by atoms with Gasteiger partial charge in [-0.1, -0.05) is 12.1 Å². The highest BCUT2D eigenvalue weighted by Crippen LogP contribution is 2.24. The van der Waals surface area contributed by atoms with Crippen LogP contribution in [-0.2, 0) is 0 Å². The Bertz CT molecular complexity index is 636. The smallest absolute Gasteiger partial charge is 0.248 e. The molecule has 2 aromatic carbocycles. The van der Waals surface area contributed by atoms with E-state index < -0.39 is 5.91 Å². The van der Waals surface area contributed by atoms with Crippen LogP contribution in [-0.4, -0.2) is 13.0 Å². The molecule has 1 amide bonds. The van der Waals surface area contributed by atoms with Crippen LogP contribution in [0.4, 0.5) is 5.69 Å². The minimum atomic E-state index is -0.409. The average Bonchev–Trinajstić information content (AvgIpc) is 2.49. The Morgan fingerprint density at radius 1 is 1.19 bits per heavy atom. The monoisotopic (exact) mass is 284 g/mol. The zero-order valence-electron chi connectivity index (χ0n) is 12.5. The highest BCUT2D eigenvalue weighted by molar-refractivity contribution is 5.93. The Balaban J connectivity index is 2.14. The van der Waals surface area contributed by atoms with Crippen LogP contribution in [0.5, 0.6) is 5.75 Å². The number of methoxy groups -OCH3 is 1. The maximum Gasteiger partial charge on any atom is 0.248 e. The molecular formula is C17H20N2O2. The molecule has 21 heavy (non-hydrogen) atoms. The number of primary amides is 1. The molecule has 0 saturated heterocycles. The summed E-state index contributed by atoms with van der Waals surface area (Å²) in [5.74, 6) is 0.431. The van der Waals surface area contributed by atoms with E-state index in [1.807, 2.05) is 37.3 Å². The Hall–Kier alpha value is -2.49. The third kappa shape index (κ3) is 3.54. The third-order valence-electron chi connectivity index (χ3n) is 3.50. The normalized spacial score (nSPS) is 11.8. The summed E-state index contributed by atoms with van der Waals surface area (Å²) in [6, 6.07) is 13.5. The summed E-state index contributed by atoms with van der Waals surface area (Å²) in [7, 11) is 1.65. The predicted octanol–water partition coefficient (Wildman–Crippen LogP) is 3.28. The topological polar surface area (TPSA) is 64.3 Å². The van der Waals surface area contributed by atoms with Crippen molar-refractivity contribution >= 4 is 11.6 Å². The molecule has 0 aliphatic rings. The number of nitrogens with two attached hydrogens (primary N) is 1. The first-order valence-electron chi connectivity index (χ1n) is 6.82. The van der Waals surface area contributed by atoms with Crippen molar-refractivity contribution in [2.45, 2.75) is 19.9 Å². The molecule has 0 fully saturated rings. The van der Waals surface area contributed by atoms with Crippen molar-refractivity contribution in [1.82, 2.24) is 0 Å². The van der Waals surface area contributed by atoms with Crippen LogP contribution in [0.2, 0.25) is 0 Å². The molecule has 0 saturated carbocycles. The van der Waals surface area contributed by atoms with Crippen LogP contribution in [0.15, 0.2) is 42.5 Å². The summed E-state index contributed by atoms with van der Waals surface area (Å²) in [5, 5.41) is 3.44. The molecule has 2 rings (SSSR count). The fourth-order valence-corrected chi connectivity index (χ4v) is 2.19. The molecule has 4 heteroatoms. The summed E-state index contributed by atoms with van der Waals surface area (Å²) < 4.78 is 5.16. The van der Waals surface area contributed by atoms with E-state index in [0.29, 0.717) is 5.56 Å². The second-order valence-corrected chi connectivity index (χ2v) is 5.03. The number of rotatable bonds is 5. The highest BCUT2D eigenvalue weighted by Gasteiger charge is 2.09. The number of aryl methyl sites for hydroxylation is 1. The second-order valence-electron chi connectivity index (χ2n) is 5.03. The molecule has 0 aliphatic heterocycles. The number of carbonyl (C=O) groups is 1. The molecule has 110 valence electrons. The Morgan fingerprint density at radius 3 is 2.38 bits per heavy atom. The molecule has 0 radical (unpaired) electrons. The van der Waals surface area contributed by atoms with Crippen LogP contribution >= 0.6 is 0 Å². The van der Waals surface area contributed by atoms with Crippen molar-refractivity contribution in [1.29, 1.82) is 0 Å². The minimum absolute atomic E-state index is 0.147. The van der Waals surface area contributed by atoms with Gasteiger partial charge in [-0.25, -0.2) is 0 Å². The molecular weight excluding hydrogens is 264 g/mol. The third-order valence-corrected chi connectivity index (χ3v) is 3.50. The lowest BCUT2D eigenvalue weighted by Gasteiger charge is -2.18. The van der Waals surface area contributed by atoms with Crippen molar-refractivity contribution in [3.05, 3.63) is 59.2 Å². The molecule has 0 spiro atoms. The zero-order chi connectivity index (χ0) is 15.4. The first kappa shape index (κ1) is 14.9. The Morgan fingerprint density at radius 2 is 1.86 bits per heavy atom. The van der Waals surface area contributed by atoms with E-state index in [4.69, 9.17) is 10.5 Å². The van der Waals surface area contributed by atoms with Crippen molar-refractivity contribution in [3.8, 4) is 5.75 Å². The quantitative estimate of drug-likeness (QED) is 0.885. The van der Waals surface area contributed by atoms with Crippen LogP contribution in [0, 0.1) is 6.92 Å². The SMILES string of the molecule is COc1ccc(C(C)Nc2ccc(C(N)=O)cc2C)cc1. The van der Waals surface area contributed by atoms with E-state index in [9.17, 15) is 4.79 Å². The van der Waals surface area contributed by atoms with E-state index >= 15 is 0 Å². The zero-order valence-corrected chi connectivity index (χ0v) is 12.5. The van der Waals surface area contributed by atoms with Gasteiger partial charge in [0.1, 0.15) is 5.75 Å². The van der Waals surface area contributed by atoms with Gasteiger partial charge in [-0.15, -0.1) is 0 Å². The number of nitrogens with one attached hydrogen (secondary N) is 1. The van der Waals surface area contributed by atoms with Crippen LogP contribution in [0.3, 0.4) is 0 Å². The number of anilines is 1.